The Hall–Kier alpha value is -7.42. The fourth-order valence-corrected chi connectivity index (χ4v) is 9.63. The number of nitrogens with zero attached hydrogens (tertiary/aromatic N) is 1. The number of fused-ring (bicyclic) bond motifs is 13. The molecule has 57 heavy (non-hydrogen) atoms. The molecule has 2 nitrogen and oxygen atoms in total. The maximum absolute atomic E-state index is 9.72. The van der Waals surface area contributed by atoms with E-state index in [0.29, 0.717) is 11.3 Å². The molecule has 2 aliphatic carbocycles. The summed E-state index contributed by atoms with van der Waals surface area (Å²) in [7, 11) is 0. The van der Waals surface area contributed by atoms with Crippen LogP contribution in [0.3, 0.4) is 0 Å². The third-order valence-corrected chi connectivity index (χ3v) is 12.0. The second-order valence-corrected chi connectivity index (χ2v) is 14.8. The van der Waals surface area contributed by atoms with E-state index in [2.05, 4.69) is 127 Å². The van der Waals surface area contributed by atoms with E-state index in [1.807, 2.05) is 65.6 Å². The van der Waals surface area contributed by atoms with Crippen LogP contribution in [0.15, 0.2) is 217 Å². The van der Waals surface area contributed by atoms with Gasteiger partial charge in [-0.15, -0.1) is 0 Å². The van der Waals surface area contributed by atoms with Crippen LogP contribution in [0.1, 0.15) is 27.7 Å². The van der Waals surface area contributed by atoms with E-state index in [1.54, 1.807) is 0 Å². The molecule has 12 rings (SSSR count). The summed E-state index contributed by atoms with van der Waals surface area (Å²) >= 11 is 0. The molecule has 0 fully saturated rings. The molecule has 0 saturated carbocycles. The monoisotopic (exact) mass is 729 g/mol. The maximum atomic E-state index is 9.72. The Morgan fingerprint density at radius 1 is 0.386 bits per heavy atom. The summed E-state index contributed by atoms with van der Waals surface area (Å²) in [6, 6.07) is 63.6. The highest BCUT2D eigenvalue weighted by Crippen LogP contribution is 2.64. The Bertz CT molecular complexity index is 3350. The normalized spacial score (nSPS) is 14.0. The Kier molecular flexibility index (Phi) is 6.05. The summed E-state index contributed by atoms with van der Waals surface area (Å²) in [5, 5.41) is 2.11. The molecule has 0 saturated heterocycles. The lowest BCUT2D eigenvalue weighted by Crippen LogP contribution is -2.26. The van der Waals surface area contributed by atoms with Crippen molar-refractivity contribution in [2.45, 2.75) is 5.41 Å². The van der Waals surface area contributed by atoms with Crippen LogP contribution in [0.25, 0.3) is 66.4 Å². The number of benzene rings is 9. The largest absolute Gasteiger partial charge is 0.455 e. The Balaban J connectivity index is 1.13. The number of rotatable bonds is 5. The number of para-hydroxylation sites is 2. The maximum Gasteiger partial charge on any atom is 0.143 e. The minimum atomic E-state index is -0.609. The molecule has 1 aromatic heterocycles. The Morgan fingerprint density at radius 3 is 1.68 bits per heavy atom. The first-order valence-corrected chi connectivity index (χ1v) is 19.4. The van der Waals surface area contributed by atoms with Gasteiger partial charge in [-0.2, -0.15) is 0 Å². The topological polar surface area (TPSA) is 16.4 Å². The molecular formula is C55H35NO. The molecule has 10 aromatic rings. The molecule has 2 heteroatoms. The van der Waals surface area contributed by atoms with Crippen LogP contribution in [-0.2, 0) is 5.41 Å². The third-order valence-electron chi connectivity index (χ3n) is 12.0. The fourth-order valence-electron chi connectivity index (χ4n) is 9.63. The van der Waals surface area contributed by atoms with Gasteiger partial charge >= 0.3 is 0 Å². The Labute approximate surface area is 337 Å². The molecule has 0 unspecified atom stereocenters. The van der Waals surface area contributed by atoms with Crippen molar-refractivity contribution in [3.8, 4) is 44.5 Å². The number of furan rings is 1. The van der Waals surface area contributed by atoms with Gasteiger partial charge in [-0.05, 0) is 92.0 Å². The average Bonchev–Trinajstić information content (AvgIpc) is 3.95. The van der Waals surface area contributed by atoms with Gasteiger partial charge in [-0.3, -0.25) is 0 Å². The molecule has 0 atom stereocenters. The van der Waals surface area contributed by atoms with E-state index in [0.717, 1.165) is 55.4 Å². The van der Waals surface area contributed by atoms with Gasteiger partial charge in [0.1, 0.15) is 11.2 Å². The van der Waals surface area contributed by atoms with Crippen molar-refractivity contribution in [1.82, 2.24) is 0 Å². The van der Waals surface area contributed by atoms with E-state index < -0.39 is 5.41 Å². The molecule has 0 radical (unpaired) electrons. The van der Waals surface area contributed by atoms with Gasteiger partial charge in [0.15, 0.2) is 0 Å². The first-order chi connectivity index (χ1) is 30.0. The van der Waals surface area contributed by atoms with Crippen LogP contribution in [0.5, 0.6) is 0 Å². The molecule has 0 bridgehead atoms. The summed E-state index contributed by atoms with van der Waals surface area (Å²) in [5.41, 5.74) is 14.7. The van der Waals surface area contributed by atoms with Crippen molar-refractivity contribution in [3.05, 3.63) is 234 Å². The highest BCUT2D eigenvalue weighted by Gasteiger charge is 2.52. The van der Waals surface area contributed by atoms with Crippen molar-refractivity contribution in [2.24, 2.45) is 0 Å². The number of hydrogen-bond acceptors (Lipinski definition) is 2. The third kappa shape index (κ3) is 4.53. The smallest absolute Gasteiger partial charge is 0.143 e. The summed E-state index contributed by atoms with van der Waals surface area (Å²) in [6.45, 7) is 0. The van der Waals surface area contributed by atoms with E-state index in [4.69, 9.17) is 4.42 Å². The summed E-state index contributed by atoms with van der Waals surface area (Å²) in [5.74, 6) is 0. The molecule has 2 aliphatic rings. The van der Waals surface area contributed by atoms with Crippen LogP contribution < -0.4 is 4.90 Å². The molecule has 9 aromatic carbocycles. The predicted molar refractivity (Wildman–Crippen MR) is 236 cm³/mol. The summed E-state index contributed by atoms with van der Waals surface area (Å²) < 4.78 is 44.8. The second kappa shape index (κ2) is 12.3. The van der Waals surface area contributed by atoms with E-state index in [9.17, 15) is 5.48 Å². The van der Waals surface area contributed by atoms with Crippen molar-refractivity contribution in [2.75, 3.05) is 4.90 Å². The van der Waals surface area contributed by atoms with Crippen molar-refractivity contribution < 1.29 is 9.90 Å². The van der Waals surface area contributed by atoms with Crippen LogP contribution in [0, 0.1) is 0 Å². The molecule has 0 N–H and O–H groups in total. The molecule has 1 heterocycles. The van der Waals surface area contributed by atoms with Crippen molar-refractivity contribution >= 4 is 39.0 Å². The SMILES string of the molecule is [2H]c1c([2H])c(N(c2ccc(-c3cccc4c3oc3ccccc34)cc2)c2cccc3c2-c2ccccc2C32c3ccccc3-c3ccccc32)c([2H])c([2H])c1-c1ccccc1. The zero-order valence-electron chi connectivity index (χ0n) is 34.8. The molecule has 0 aliphatic heterocycles. The number of hydrogen-bond donors (Lipinski definition) is 0. The highest BCUT2D eigenvalue weighted by molar-refractivity contribution is 6.09. The van der Waals surface area contributed by atoms with Gasteiger partial charge < -0.3 is 9.32 Å². The molecular weight excluding hydrogens is 691 g/mol. The first-order valence-electron chi connectivity index (χ1n) is 21.4. The van der Waals surface area contributed by atoms with E-state index in [1.165, 1.54) is 27.8 Å². The first kappa shape index (κ1) is 28.1. The summed E-state index contributed by atoms with van der Waals surface area (Å²) in [6.07, 6.45) is 0. The van der Waals surface area contributed by atoms with Crippen LogP contribution >= 0.6 is 0 Å². The van der Waals surface area contributed by atoms with Crippen molar-refractivity contribution in [1.29, 1.82) is 0 Å². The standard InChI is InChI=1S/C55H35NO/c1-2-14-36(15-3-1)37-28-32-39(33-29-37)56(40-34-30-38(31-35-40)41-20-12-21-45-44-18-7-11-27-52(44)57-54(41)45)51-26-13-25-50-53(51)46-19-6-10-24-49(46)55(50)47-22-8-4-16-42(47)43-17-5-9-23-48(43)55/h1-35H/i28D,29D,32D,33D. The van der Waals surface area contributed by atoms with E-state index in [-0.39, 0.29) is 35.4 Å². The molecule has 0 amide bonds. The zero-order chi connectivity index (χ0) is 41.0. The van der Waals surface area contributed by atoms with Gasteiger partial charge in [0.25, 0.3) is 0 Å². The molecule has 1 spiro atoms. The summed E-state index contributed by atoms with van der Waals surface area (Å²) in [4.78, 5) is 1.95. The molecule has 266 valence electrons. The number of anilines is 3. The Morgan fingerprint density at radius 2 is 0.947 bits per heavy atom. The minimum absolute atomic E-state index is 0.0940. The second-order valence-electron chi connectivity index (χ2n) is 14.8. The van der Waals surface area contributed by atoms with Gasteiger partial charge in [0, 0.05) is 33.3 Å². The quantitative estimate of drug-likeness (QED) is 0.175. The lowest BCUT2D eigenvalue weighted by atomic mass is 9.70. The van der Waals surface area contributed by atoms with Crippen LogP contribution in [0.2, 0.25) is 0 Å². The van der Waals surface area contributed by atoms with E-state index >= 15 is 0 Å². The van der Waals surface area contributed by atoms with Gasteiger partial charge in [-0.1, -0.05) is 176 Å². The lowest BCUT2D eigenvalue weighted by molar-refractivity contribution is 0.670. The van der Waals surface area contributed by atoms with Gasteiger partial charge in [-0.25, -0.2) is 0 Å². The fraction of sp³-hybridized carbons (Fsp3) is 0.0182. The van der Waals surface area contributed by atoms with Gasteiger partial charge in [0.05, 0.1) is 16.6 Å². The predicted octanol–water partition coefficient (Wildman–Crippen LogP) is 14.7. The van der Waals surface area contributed by atoms with Crippen molar-refractivity contribution in [3.63, 3.8) is 0 Å². The van der Waals surface area contributed by atoms with Crippen LogP contribution in [0.4, 0.5) is 17.1 Å². The average molecular weight is 730 g/mol. The minimum Gasteiger partial charge on any atom is -0.455 e. The highest BCUT2D eigenvalue weighted by atomic mass is 16.3. The lowest BCUT2D eigenvalue weighted by Gasteiger charge is -2.32. The van der Waals surface area contributed by atoms with Crippen LogP contribution in [-0.4, -0.2) is 0 Å². The zero-order valence-corrected chi connectivity index (χ0v) is 30.8. The van der Waals surface area contributed by atoms with Gasteiger partial charge in [0.2, 0.25) is 0 Å².